The van der Waals surface area contributed by atoms with Crippen LogP contribution in [0.5, 0.6) is 0 Å². The minimum Gasteiger partial charge on any atom is -0.299 e. The predicted octanol–water partition coefficient (Wildman–Crippen LogP) is 2.61. The van der Waals surface area contributed by atoms with Gasteiger partial charge in [-0.05, 0) is 0 Å². The van der Waals surface area contributed by atoms with Gasteiger partial charge in [0.1, 0.15) is 11.6 Å². The molecular formula is C11H20GdO2. The van der Waals surface area contributed by atoms with Crippen molar-refractivity contribution >= 4 is 11.6 Å². The molecule has 0 aliphatic rings. The Morgan fingerprint density at radius 2 is 1.00 bits per heavy atom. The molecule has 0 saturated carbocycles. The maximum atomic E-state index is 11.5. The van der Waals surface area contributed by atoms with Crippen LogP contribution in [0.15, 0.2) is 0 Å². The Morgan fingerprint density at radius 1 is 0.786 bits per heavy atom. The van der Waals surface area contributed by atoms with E-state index >= 15 is 0 Å². The van der Waals surface area contributed by atoms with Gasteiger partial charge in [0, 0.05) is 50.8 Å². The molecule has 2 nitrogen and oxygen atoms in total. The van der Waals surface area contributed by atoms with Crippen LogP contribution < -0.4 is 0 Å². The molecule has 0 unspecified atom stereocenters. The topological polar surface area (TPSA) is 34.1 Å². The van der Waals surface area contributed by atoms with Gasteiger partial charge in [0.25, 0.3) is 0 Å². The number of carbonyl (C=O) groups excluding carboxylic acids is 2. The summed E-state index contributed by atoms with van der Waals surface area (Å²) in [5, 5.41) is 0. The van der Waals surface area contributed by atoms with Crippen molar-refractivity contribution < 1.29 is 49.5 Å². The minimum atomic E-state index is -0.402. The first-order chi connectivity index (χ1) is 5.55. The van der Waals surface area contributed by atoms with Crippen molar-refractivity contribution in [1.82, 2.24) is 0 Å². The molecule has 0 N–H and O–H groups in total. The molecule has 0 fully saturated rings. The van der Waals surface area contributed by atoms with Crippen LogP contribution in [0, 0.1) is 50.8 Å². The standard InChI is InChI=1S/C11H20O2.Gd/c1-10(2,3)8(12)7-9(13)11(4,5)6;/h7H2,1-6H3;. The Labute approximate surface area is 119 Å². The summed E-state index contributed by atoms with van der Waals surface area (Å²) in [6.07, 6.45) is 0.0625. The third kappa shape index (κ3) is 6.21. The van der Waals surface area contributed by atoms with Crippen molar-refractivity contribution in [1.29, 1.82) is 0 Å². The van der Waals surface area contributed by atoms with Crippen molar-refractivity contribution in [3.05, 3.63) is 0 Å². The first-order valence-electron chi connectivity index (χ1n) is 4.62. The van der Waals surface area contributed by atoms with Crippen LogP contribution >= 0.6 is 0 Å². The summed E-state index contributed by atoms with van der Waals surface area (Å²) in [6.45, 7) is 11.0. The average Bonchev–Trinajstić information content (AvgIpc) is 1.82. The van der Waals surface area contributed by atoms with E-state index in [-0.39, 0.29) is 57.9 Å². The van der Waals surface area contributed by atoms with E-state index in [1.165, 1.54) is 0 Å². The van der Waals surface area contributed by atoms with Gasteiger partial charge in [-0.2, -0.15) is 0 Å². The maximum absolute atomic E-state index is 11.5. The Hall–Kier alpha value is 0.665. The number of hydrogen-bond donors (Lipinski definition) is 0. The molecule has 0 aromatic heterocycles. The zero-order chi connectivity index (χ0) is 10.9. The fraction of sp³-hybridized carbons (Fsp3) is 0.818. The van der Waals surface area contributed by atoms with Gasteiger partial charge in [0.05, 0.1) is 6.42 Å². The van der Waals surface area contributed by atoms with Crippen LogP contribution in [0.4, 0.5) is 0 Å². The van der Waals surface area contributed by atoms with E-state index in [1.54, 1.807) is 0 Å². The summed E-state index contributed by atoms with van der Waals surface area (Å²) < 4.78 is 0. The quantitative estimate of drug-likeness (QED) is 0.724. The molecule has 0 spiro atoms. The second kappa shape index (κ2) is 5.67. The Morgan fingerprint density at radius 3 is 1.14 bits per heavy atom. The normalized spacial score (nSPS) is 11.9. The van der Waals surface area contributed by atoms with Gasteiger partial charge >= 0.3 is 0 Å². The first-order valence-corrected chi connectivity index (χ1v) is 4.62. The molecule has 0 saturated heterocycles. The van der Waals surface area contributed by atoms with Crippen molar-refractivity contribution in [2.45, 2.75) is 48.0 Å². The Balaban J connectivity index is 0. The molecular weight excluding hydrogens is 321 g/mol. The van der Waals surface area contributed by atoms with E-state index in [1.807, 2.05) is 41.5 Å². The monoisotopic (exact) mass is 342 g/mol. The van der Waals surface area contributed by atoms with E-state index in [0.29, 0.717) is 0 Å². The van der Waals surface area contributed by atoms with Gasteiger partial charge in [-0.3, -0.25) is 9.59 Å². The van der Waals surface area contributed by atoms with E-state index in [4.69, 9.17) is 0 Å². The minimum absolute atomic E-state index is 0. The molecule has 0 rings (SSSR count). The average molecular weight is 342 g/mol. The van der Waals surface area contributed by atoms with Gasteiger partial charge in [-0.15, -0.1) is 0 Å². The SMILES string of the molecule is CC(C)(C)C(=O)CC(=O)C(C)(C)C.[Gd]. The molecule has 0 aromatic rings. The van der Waals surface area contributed by atoms with Crippen LogP contribution in [0.2, 0.25) is 0 Å². The molecule has 14 heavy (non-hydrogen) atoms. The van der Waals surface area contributed by atoms with Crippen LogP contribution in [-0.2, 0) is 9.59 Å². The van der Waals surface area contributed by atoms with Crippen molar-refractivity contribution in [2.75, 3.05) is 0 Å². The number of Topliss-reactive ketones (excluding diaryl/α,β-unsaturated/α-hetero) is 2. The number of carbonyl (C=O) groups is 2. The Kier molecular flexibility index (Phi) is 6.91. The fourth-order valence-electron chi connectivity index (χ4n) is 0.676. The zero-order valence-electron chi connectivity index (χ0n) is 9.88. The van der Waals surface area contributed by atoms with Gasteiger partial charge in [0.15, 0.2) is 0 Å². The van der Waals surface area contributed by atoms with Crippen molar-refractivity contribution in [3.8, 4) is 0 Å². The number of rotatable bonds is 2. The van der Waals surface area contributed by atoms with Gasteiger partial charge < -0.3 is 0 Å². The molecule has 0 amide bonds. The van der Waals surface area contributed by atoms with Gasteiger partial charge in [0.2, 0.25) is 0 Å². The number of hydrogen-bond acceptors (Lipinski definition) is 2. The smallest absolute Gasteiger partial charge is 0.145 e. The van der Waals surface area contributed by atoms with Crippen molar-refractivity contribution in [2.24, 2.45) is 10.8 Å². The summed E-state index contributed by atoms with van der Waals surface area (Å²) in [4.78, 5) is 23.0. The van der Waals surface area contributed by atoms with Crippen LogP contribution in [0.1, 0.15) is 48.0 Å². The molecule has 3 heteroatoms. The molecule has 0 atom stereocenters. The second-order valence-corrected chi connectivity index (χ2v) is 5.52. The van der Waals surface area contributed by atoms with E-state index in [0.717, 1.165) is 0 Å². The third-order valence-electron chi connectivity index (χ3n) is 1.99. The summed E-state index contributed by atoms with van der Waals surface area (Å²) in [7, 11) is 0. The van der Waals surface area contributed by atoms with Crippen LogP contribution in [0.3, 0.4) is 0 Å². The van der Waals surface area contributed by atoms with Crippen LogP contribution in [-0.4, -0.2) is 11.6 Å². The molecule has 0 bridgehead atoms. The molecule has 0 heterocycles. The molecule has 0 aromatic carbocycles. The summed E-state index contributed by atoms with van der Waals surface area (Å²) in [6, 6.07) is 0. The molecule has 84 valence electrons. The third-order valence-corrected chi connectivity index (χ3v) is 1.99. The fourth-order valence-corrected chi connectivity index (χ4v) is 0.676. The summed E-state index contributed by atoms with van der Waals surface area (Å²) in [5.74, 6) is 0.0415. The van der Waals surface area contributed by atoms with E-state index < -0.39 is 10.8 Å². The Bertz CT molecular complexity index is 194. The van der Waals surface area contributed by atoms with Gasteiger partial charge in [-0.25, -0.2) is 0 Å². The van der Waals surface area contributed by atoms with E-state index in [9.17, 15) is 9.59 Å². The maximum Gasteiger partial charge on any atom is 0.145 e. The zero-order valence-corrected chi connectivity index (χ0v) is 12.1. The van der Waals surface area contributed by atoms with E-state index in [2.05, 4.69) is 0 Å². The predicted molar refractivity (Wildman–Crippen MR) is 53.5 cm³/mol. The molecule has 0 radical (unpaired) electrons. The number of ketones is 2. The first kappa shape index (κ1) is 17.1. The largest absolute Gasteiger partial charge is 0.299 e. The summed E-state index contributed by atoms with van der Waals surface area (Å²) >= 11 is 0. The molecule has 0 aliphatic heterocycles. The van der Waals surface area contributed by atoms with Gasteiger partial charge in [-0.1, -0.05) is 41.5 Å². The summed E-state index contributed by atoms with van der Waals surface area (Å²) in [5.41, 5.74) is -0.804. The van der Waals surface area contributed by atoms with Crippen molar-refractivity contribution in [3.63, 3.8) is 0 Å². The molecule has 0 aliphatic carbocycles. The van der Waals surface area contributed by atoms with Crippen LogP contribution in [0.25, 0.3) is 0 Å². The second-order valence-electron chi connectivity index (χ2n) is 5.52.